The fourth-order valence-corrected chi connectivity index (χ4v) is 3.63. The van der Waals surface area contributed by atoms with Crippen molar-refractivity contribution in [3.63, 3.8) is 0 Å². The predicted octanol–water partition coefficient (Wildman–Crippen LogP) is 7.71. The predicted molar refractivity (Wildman–Crippen MR) is 149 cm³/mol. The Morgan fingerprint density at radius 1 is 0.541 bits per heavy atom. The number of nitrogens with zero attached hydrogens (tertiary/aromatic N) is 3. The summed E-state index contributed by atoms with van der Waals surface area (Å²) in [5.41, 5.74) is 6.57. The molecule has 0 amide bonds. The first kappa shape index (κ1) is 27.9. The van der Waals surface area contributed by atoms with E-state index in [2.05, 4.69) is 57.5 Å². The molecule has 2 aliphatic heterocycles. The third-order valence-corrected chi connectivity index (χ3v) is 5.46. The standard InChI is InChI=1S/2C11H10N.C11H8N.Ir/c3*1-2-6-10(7-3-1)11-8-4-5-9-12-11;/h2*1-3,5-6,9H,4,8H2;1-6,8-9H;/q3*-1;+3. The van der Waals surface area contributed by atoms with Crippen molar-refractivity contribution >= 4 is 11.4 Å². The van der Waals surface area contributed by atoms with Crippen molar-refractivity contribution in [2.45, 2.75) is 25.7 Å². The Morgan fingerprint density at radius 3 is 1.41 bits per heavy atom. The van der Waals surface area contributed by atoms with Gasteiger partial charge in [-0.15, -0.1) is 108 Å². The summed E-state index contributed by atoms with van der Waals surface area (Å²) < 4.78 is 0. The molecule has 0 N–H and O–H groups in total. The first-order valence-electron chi connectivity index (χ1n) is 12.2. The Balaban J connectivity index is 0.000000152. The van der Waals surface area contributed by atoms with E-state index in [0.29, 0.717) is 0 Å². The van der Waals surface area contributed by atoms with Crippen molar-refractivity contribution in [1.82, 2.24) is 4.98 Å². The number of allylic oxidation sites excluding steroid dienone is 2. The number of hydrogen-bond donors (Lipinski definition) is 0. The van der Waals surface area contributed by atoms with Crippen molar-refractivity contribution in [2.24, 2.45) is 9.98 Å². The zero-order valence-corrected chi connectivity index (χ0v) is 22.9. The van der Waals surface area contributed by atoms with E-state index in [0.717, 1.165) is 59.5 Å². The second kappa shape index (κ2) is 16.1. The van der Waals surface area contributed by atoms with Gasteiger partial charge in [-0.3, -0.25) is 0 Å². The average Bonchev–Trinajstić information content (AvgIpc) is 3.01. The molecule has 0 spiro atoms. The number of hydrogen-bond acceptors (Lipinski definition) is 3. The number of benzene rings is 3. The van der Waals surface area contributed by atoms with Gasteiger partial charge in [0.05, 0.1) is 0 Å². The molecule has 0 bridgehead atoms. The third-order valence-electron chi connectivity index (χ3n) is 5.46. The van der Waals surface area contributed by atoms with Crippen molar-refractivity contribution in [2.75, 3.05) is 0 Å². The fraction of sp³-hybridized carbons (Fsp3) is 0.121. The summed E-state index contributed by atoms with van der Waals surface area (Å²) in [6.45, 7) is 0. The topological polar surface area (TPSA) is 37.6 Å². The zero-order chi connectivity index (χ0) is 24.7. The number of pyridine rings is 1. The van der Waals surface area contributed by atoms with Gasteiger partial charge in [-0.1, -0.05) is 24.3 Å². The van der Waals surface area contributed by atoms with Crippen LogP contribution in [0.4, 0.5) is 0 Å². The SMILES string of the molecule is [Ir+3].[c-]1ccccc1-c1ccccn1.[c-]1ccccc1C1=NC=CCC1.[c-]1ccccc1C1=NC=CCC1. The van der Waals surface area contributed by atoms with E-state index in [1.807, 2.05) is 91.3 Å². The maximum atomic E-state index is 4.30. The van der Waals surface area contributed by atoms with E-state index in [-0.39, 0.29) is 20.1 Å². The second-order valence-corrected chi connectivity index (χ2v) is 8.04. The molecule has 0 atom stereocenters. The third kappa shape index (κ3) is 9.34. The summed E-state index contributed by atoms with van der Waals surface area (Å²) in [5, 5.41) is 0. The van der Waals surface area contributed by atoms with Crippen LogP contribution in [0.1, 0.15) is 36.8 Å². The molecule has 4 aromatic rings. The van der Waals surface area contributed by atoms with Crippen molar-refractivity contribution < 1.29 is 20.1 Å². The van der Waals surface area contributed by atoms with Crippen LogP contribution in [0.5, 0.6) is 0 Å². The van der Waals surface area contributed by atoms with Gasteiger partial charge in [0.25, 0.3) is 0 Å². The minimum absolute atomic E-state index is 0. The van der Waals surface area contributed by atoms with E-state index in [1.54, 1.807) is 6.20 Å². The molecule has 0 saturated carbocycles. The minimum Gasteiger partial charge on any atom is -0.309 e. The van der Waals surface area contributed by atoms with Crippen LogP contribution in [0.25, 0.3) is 11.3 Å². The van der Waals surface area contributed by atoms with Crippen LogP contribution in [0.3, 0.4) is 0 Å². The molecule has 2 aliphatic rings. The average molecular weight is 659 g/mol. The van der Waals surface area contributed by atoms with Crippen LogP contribution in [-0.2, 0) is 20.1 Å². The van der Waals surface area contributed by atoms with Gasteiger partial charge in [0.2, 0.25) is 0 Å². The van der Waals surface area contributed by atoms with Gasteiger partial charge in [0.1, 0.15) is 0 Å². The Hall–Kier alpha value is -3.72. The fourth-order valence-electron chi connectivity index (χ4n) is 3.63. The van der Waals surface area contributed by atoms with Crippen molar-refractivity contribution in [1.29, 1.82) is 0 Å². The van der Waals surface area contributed by atoms with Crippen molar-refractivity contribution in [3.05, 3.63) is 151 Å². The Morgan fingerprint density at radius 2 is 1.03 bits per heavy atom. The molecule has 184 valence electrons. The molecule has 0 radical (unpaired) electrons. The van der Waals surface area contributed by atoms with Gasteiger partial charge < -0.3 is 15.0 Å². The summed E-state index contributed by atoms with van der Waals surface area (Å²) in [5.74, 6) is 0. The van der Waals surface area contributed by atoms with E-state index in [9.17, 15) is 0 Å². The van der Waals surface area contributed by atoms with Crippen LogP contribution in [-0.4, -0.2) is 16.4 Å². The van der Waals surface area contributed by atoms with Crippen LogP contribution in [0.15, 0.2) is 132 Å². The molecule has 1 aromatic heterocycles. The summed E-state index contributed by atoms with van der Waals surface area (Å²) in [6.07, 6.45) is 14.0. The molecular weight excluding hydrogens is 631 g/mol. The number of rotatable bonds is 3. The molecule has 3 heterocycles. The quantitative estimate of drug-likeness (QED) is 0.208. The van der Waals surface area contributed by atoms with Crippen LogP contribution in [0, 0.1) is 18.2 Å². The molecule has 0 fully saturated rings. The maximum absolute atomic E-state index is 4.30. The molecule has 0 unspecified atom stereocenters. The Bertz CT molecular complexity index is 1190. The first-order valence-corrected chi connectivity index (χ1v) is 12.2. The molecule has 37 heavy (non-hydrogen) atoms. The molecule has 0 aliphatic carbocycles. The smallest absolute Gasteiger partial charge is 0.309 e. The molecule has 0 saturated heterocycles. The Labute approximate surface area is 233 Å². The minimum atomic E-state index is 0. The molecule has 6 rings (SSSR count). The molecule has 3 aromatic carbocycles. The van der Waals surface area contributed by atoms with Gasteiger partial charge in [0, 0.05) is 18.6 Å². The normalized spacial score (nSPS) is 13.4. The summed E-state index contributed by atoms with van der Waals surface area (Å²) in [6, 6.07) is 39.1. The molecule has 4 heteroatoms. The van der Waals surface area contributed by atoms with Gasteiger partial charge in [0.15, 0.2) is 0 Å². The van der Waals surface area contributed by atoms with Gasteiger partial charge >= 0.3 is 20.1 Å². The van der Waals surface area contributed by atoms with E-state index in [1.165, 1.54) is 0 Å². The van der Waals surface area contributed by atoms with Crippen LogP contribution in [0.2, 0.25) is 0 Å². The van der Waals surface area contributed by atoms with E-state index < -0.39 is 0 Å². The van der Waals surface area contributed by atoms with Crippen LogP contribution < -0.4 is 0 Å². The number of aromatic nitrogens is 1. The monoisotopic (exact) mass is 659 g/mol. The second-order valence-electron chi connectivity index (χ2n) is 8.04. The zero-order valence-electron chi connectivity index (χ0n) is 20.6. The van der Waals surface area contributed by atoms with Gasteiger partial charge in [-0.25, -0.2) is 0 Å². The van der Waals surface area contributed by atoms with Gasteiger partial charge in [-0.05, 0) is 48.9 Å². The van der Waals surface area contributed by atoms with E-state index in [4.69, 9.17) is 0 Å². The first-order chi connectivity index (χ1) is 17.9. The van der Waals surface area contributed by atoms with Crippen molar-refractivity contribution in [3.8, 4) is 11.3 Å². The summed E-state index contributed by atoms with van der Waals surface area (Å²) in [7, 11) is 0. The maximum Gasteiger partial charge on any atom is 3.00 e. The Kier molecular flexibility index (Phi) is 12.1. The number of aliphatic imine (C=N–C) groups is 2. The summed E-state index contributed by atoms with van der Waals surface area (Å²) in [4.78, 5) is 12.8. The molecular formula is C33H28IrN3. The molecule has 3 nitrogen and oxygen atoms in total. The van der Waals surface area contributed by atoms with Crippen LogP contribution >= 0.6 is 0 Å². The van der Waals surface area contributed by atoms with Gasteiger partial charge in [-0.2, -0.15) is 0 Å². The largest absolute Gasteiger partial charge is 3.00 e. The summed E-state index contributed by atoms with van der Waals surface area (Å²) >= 11 is 0. The van der Waals surface area contributed by atoms with E-state index >= 15 is 0 Å².